The van der Waals surface area contributed by atoms with Gasteiger partial charge in [0.1, 0.15) is 0 Å². The molecule has 0 bridgehead atoms. The van der Waals surface area contributed by atoms with Crippen LogP contribution < -0.4 is 11.1 Å². The molecular formula is C12H23N3O. The summed E-state index contributed by atoms with van der Waals surface area (Å²) in [7, 11) is 0. The molecule has 3 atom stereocenters. The van der Waals surface area contributed by atoms with E-state index >= 15 is 0 Å². The van der Waals surface area contributed by atoms with Crippen LogP contribution in [-0.4, -0.2) is 36.6 Å². The number of nitrogens with zero attached hydrogens (tertiary/aromatic N) is 1. The second-order valence-electron chi connectivity index (χ2n) is 5.61. The van der Waals surface area contributed by atoms with Crippen LogP contribution in [0.4, 0.5) is 4.79 Å². The highest BCUT2D eigenvalue weighted by Crippen LogP contribution is 2.50. The number of piperidine rings is 1. The van der Waals surface area contributed by atoms with Crippen molar-refractivity contribution in [3.63, 3.8) is 0 Å². The molecule has 3 N–H and O–H groups in total. The number of nitrogens with two attached hydrogens (primary N) is 1. The Balaban J connectivity index is 1.77. The third-order valence-corrected chi connectivity index (χ3v) is 4.28. The van der Waals surface area contributed by atoms with Crippen LogP contribution in [0, 0.1) is 23.7 Å². The van der Waals surface area contributed by atoms with Gasteiger partial charge in [0.25, 0.3) is 0 Å². The lowest BCUT2D eigenvalue weighted by Gasteiger charge is -2.24. The fourth-order valence-corrected chi connectivity index (χ4v) is 2.62. The fourth-order valence-electron chi connectivity index (χ4n) is 2.62. The molecule has 0 radical (unpaired) electrons. The minimum Gasteiger partial charge on any atom is -0.335 e. The van der Waals surface area contributed by atoms with Gasteiger partial charge in [0.15, 0.2) is 0 Å². The van der Waals surface area contributed by atoms with E-state index in [1.165, 1.54) is 0 Å². The van der Waals surface area contributed by atoms with Crippen LogP contribution in [0.1, 0.15) is 20.8 Å². The SMILES string of the molecule is CC(C)C(C)NC(=O)N1CC2C(CN)C2C1. The predicted molar refractivity (Wildman–Crippen MR) is 63.9 cm³/mol. The van der Waals surface area contributed by atoms with Crippen LogP contribution in [0.3, 0.4) is 0 Å². The lowest BCUT2D eigenvalue weighted by Crippen LogP contribution is -2.45. The van der Waals surface area contributed by atoms with Crippen molar-refractivity contribution < 1.29 is 4.79 Å². The lowest BCUT2D eigenvalue weighted by molar-refractivity contribution is 0.194. The minimum absolute atomic E-state index is 0.101. The van der Waals surface area contributed by atoms with Gasteiger partial charge in [0, 0.05) is 19.1 Å². The number of hydrogen-bond donors (Lipinski definition) is 2. The van der Waals surface area contributed by atoms with Crippen LogP contribution in [0.5, 0.6) is 0 Å². The van der Waals surface area contributed by atoms with Crippen molar-refractivity contribution in [2.75, 3.05) is 19.6 Å². The van der Waals surface area contributed by atoms with E-state index in [2.05, 4.69) is 26.1 Å². The van der Waals surface area contributed by atoms with Gasteiger partial charge in [0.2, 0.25) is 0 Å². The molecule has 0 aromatic heterocycles. The average molecular weight is 225 g/mol. The van der Waals surface area contributed by atoms with E-state index in [9.17, 15) is 4.79 Å². The first kappa shape index (κ1) is 11.7. The molecule has 4 nitrogen and oxygen atoms in total. The molecule has 2 aliphatic rings. The fraction of sp³-hybridized carbons (Fsp3) is 0.917. The third kappa shape index (κ3) is 2.03. The maximum absolute atomic E-state index is 11.9. The number of urea groups is 1. The van der Waals surface area contributed by atoms with Gasteiger partial charge in [-0.3, -0.25) is 0 Å². The van der Waals surface area contributed by atoms with Crippen molar-refractivity contribution >= 4 is 6.03 Å². The molecule has 3 unspecified atom stereocenters. The molecule has 1 heterocycles. The van der Waals surface area contributed by atoms with Crippen LogP contribution in [0.25, 0.3) is 0 Å². The van der Waals surface area contributed by atoms with Crippen molar-refractivity contribution in [2.45, 2.75) is 26.8 Å². The second-order valence-corrected chi connectivity index (χ2v) is 5.61. The zero-order chi connectivity index (χ0) is 11.9. The third-order valence-electron chi connectivity index (χ3n) is 4.28. The Morgan fingerprint density at radius 3 is 2.38 bits per heavy atom. The first-order valence-corrected chi connectivity index (χ1v) is 6.30. The molecule has 16 heavy (non-hydrogen) atoms. The molecule has 2 fully saturated rings. The Morgan fingerprint density at radius 1 is 1.38 bits per heavy atom. The topological polar surface area (TPSA) is 58.4 Å². The Kier molecular flexibility index (Phi) is 3.10. The van der Waals surface area contributed by atoms with Crippen molar-refractivity contribution in [2.24, 2.45) is 29.4 Å². The quantitative estimate of drug-likeness (QED) is 0.749. The standard InChI is InChI=1S/C12H23N3O/c1-7(2)8(3)14-12(16)15-5-10-9(4-13)11(10)6-15/h7-11H,4-6,13H2,1-3H3,(H,14,16). The largest absolute Gasteiger partial charge is 0.335 e. The van der Waals surface area contributed by atoms with E-state index in [1.807, 2.05) is 4.90 Å². The van der Waals surface area contributed by atoms with Crippen molar-refractivity contribution in [3.05, 3.63) is 0 Å². The van der Waals surface area contributed by atoms with E-state index in [0.29, 0.717) is 23.7 Å². The molecule has 92 valence electrons. The monoisotopic (exact) mass is 225 g/mol. The molecule has 2 amide bonds. The van der Waals surface area contributed by atoms with E-state index in [4.69, 9.17) is 5.73 Å². The molecule has 4 heteroatoms. The van der Waals surface area contributed by atoms with Gasteiger partial charge in [-0.2, -0.15) is 0 Å². The molecule has 1 aliphatic heterocycles. The van der Waals surface area contributed by atoms with E-state index in [0.717, 1.165) is 19.6 Å². The molecule has 2 rings (SSSR count). The van der Waals surface area contributed by atoms with Crippen LogP contribution in [0.15, 0.2) is 0 Å². The van der Waals surface area contributed by atoms with Crippen LogP contribution >= 0.6 is 0 Å². The highest BCUT2D eigenvalue weighted by molar-refractivity contribution is 5.75. The summed E-state index contributed by atoms with van der Waals surface area (Å²) in [5, 5.41) is 3.05. The van der Waals surface area contributed by atoms with Gasteiger partial charge < -0.3 is 16.0 Å². The number of fused-ring (bicyclic) bond motifs is 1. The van der Waals surface area contributed by atoms with Gasteiger partial charge in [-0.25, -0.2) is 4.79 Å². The second kappa shape index (κ2) is 4.24. The number of carbonyl (C=O) groups is 1. The van der Waals surface area contributed by atoms with Crippen molar-refractivity contribution in [1.82, 2.24) is 10.2 Å². The zero-order valence-corrected chi connectivity index (χ0v) is 10.4. The smallest absolute Gasteiger partial charge is 0.317 e. The van der Waals surface area contributed by atoms with E-state index < -0.39 is 0 Å². The van der Waals surface area contributed by atoms with Crippen molar-refractivity contribution in [1.29, 1.82) is 0 Å². The van der Waals surface area contributed by atoms with E-state index in [-0.39, 0.29) is 12.1 Å². The Labute approximate surface area is 97.6 Å². The lowest BCUT2D eigenvalue weighted by atomic mass is 10.1. The first-order chi connectivity index (χ1) is 7.54. The highest BCUT2D eigenvalue weighted by Gasteiger charge is 2.55. The van der Waals surface area contributed by atoms with Crippen LogP contribution in [-0.2, 0) is 0 Å². The minimum atomic E-state index is 0.101. The van der Waals surface area contributed by atoms with Gasteiger partial charge in [-0.05, 0) is 37.1 Å². The first-order valence-electron chi connectivity index (χ1n) is 6.30. The van der Waals surface area contributed by atoms with Crippen molar-refractivity contribution in [3.8, 4) is 0 Å². The summed E-state index contributed by atoms with van der Waals surface area (Å²) in [5.74, 6) is 2.54. The molecule has 0 aromatic rings. The van der Waals surface area contributed by atoms with Crippen LogP contribution in [0.2, 0.25) is 0 Å². The number of rotatable bonds is 3. The molecule has 1 saturated carbocycles. The predicted octanol–water partition coefficient (Wildman–Crippen LogP) is 0.877. The molecule has 1 aliphatic carbocycles. The normalized spacial score (nSPS) is 33.8. The zero-order valence-electron chi connectivity index (χ0n) is 10.4. The van der Waals surface area contributed by atoms with Gasteiger partial charge in [0.05, 0.1) is 0 Å². The van der Waals surface area contributed by atoms with Gasteiger partial charge >= 0.3 is 6.03 Å². The van der Waals surface area contributed by atoms with E-state index in [1.54, 1.807) is 0 Å². The summed E-state index contributed by atoms with van der Waals surface area (Å²) in [6.07, 6.45) is 0. The summed E-state index contributed by atoms with van der Waals surface area (Å²) >= 11 is 0. The number of carbonyl (C=O) groups excluding carboxylic acids is 1. The number of amides is 2. The summed E-state index contributed by atoms with van der Waals surface area (Å²) in [6, 6.07) is 0.346. The Bertz CT molecular complexity index is 267. The molecule has 0 aromatic carbocycles. The summed E-state index contributed by atoms with van der Waals surface area (Å²) < 4.78 is 0. The summed E-state index contributed by atoms with van der Waals surface area (Å²) in [5.41, 5.74) is 5.65. The maximum Gasteiger partial charge on any atom is 0.317 e. The highest BCUT2D eigenvalue weighted by atomic mass is 16.2. The van der Waals surface area contributed by atoms with Gasteiger partial charge in [-0.15, -0.1) is 0 Å². The Hall–Kier alpha value is -0.770. The number of nitrogens with one attached hydrogen (secondary N) is 1. The number of likely N-dealkylation sites (tertiary alicyclic amines) is 1. The summed E-state index contributed by atoms with van der Waals surface area (Å²) in [4.78, 5) is 13.8. The average Bonchev–Trinajstić information content (AvgIpc) is 2.69. The number of hydrogen-bond acceptors (Lipinski definition) is 2. The molecular weight excluding hydrogens is 202 g/mol. The summed E-state index contributed by atoms with van der Waals surface area (Å²) in [6.45, 7) is 8.90. The molecule has 0 spiro atoms. The van der Waals surface area contributed by atoms with Gasteiger partial charge in [-0.1, -0.05) is 13.8 Å². The molecule has 1 saturated heterocycles. The maximum atomic E-state index is 11.9. The Morgan fingerprint density at radius 2 is 1.94 bits per heavy atom.